The van der Waals surface area contributed by atoms with Gasteiger partial charge in [-0.05, 0) is 106 Å². The minimum Gasteiger partial charge on any atom is -0.507 e. The van der Waals surface area contributed by atoms with Crippen LogP contribution in [0.15, 0.2) is 36.4 Å². The Balaban J connectivity index is 0.000000326. The van der Waals surface area contributed by atoms with Crippen LogP contribution < -0.4 is 5.32 Å². The van der Waals surface area contributed by atoms with Crippen LogP contribution in [0.1, 0.15) is 94.4 Å². The van der Waals surface area contributed by atoms with E-state index < -0.39 is 12.2 Å². The Kier molecular flexibility index (Phi) is 15.6. The van der Waals surface area contributed by atoms with E-state index >= 15 is 0 Å². The Hall–Kier alpha value is -4.81. The molecule has 2 aromatic rings. The number of phenols is 1. The molecule has 4 heterocycles. The van der Waals surface area contributed by atoms with Gasteiger partial charge in [0, 0.05) is 70.4 Å². The molecule has 5 amide bonds. The largest absolute Gasteiger partial charge is 0.507 e. The van der Waals surface area contributed by atoms with Crippen molar-refractivity contribution < 1.29 is 38.6 Å². The summed E-state index contributed by atoms with van der Waals surface area (Å²) in [4.78, 5) is 70.0. The van der Waals surface area contributed by atoms with E-state index in [1.165, 1.54) is 0 Å². The summed E-state index contributed by atoms with van der Waals surface area (Å²) in [6.07, 6.45) is 5.42. The Morgan fingerprint density at radius 3 is 2.00 bits per heavy atom. The molecule has 312 valence electrons. The zero-order chi connectivity index (χ0) is 41.1. The summed E-state index contributed by atoms with van der Waals surface area (Å²) in [6, 6.07) is 11.5. The number of likely N-dealkylation sites (tertiary alicyclic amines) is 3. The molecule has 0 radical (unpaired) electrons. The van der Waals surface area contributed by atoms with Crippen molar-refractivity contribution in [1.29, 1.82) is 0 Å². The summed E-state index contributed by atoms with van der Waals surface area (Å²) in [7, 11) is 0. The topological polar surface area (TPSA) is 149 Å². The standard InChI is InChI=1S/C32H42N4O5.C12H21NO3/c1-21-8-13-34(14-9-21)30(38)28(20-24-18-22(2)29(37)23(3)19-24)41-32(40)35-15-11-26(12-16-35)36-17-10-25-6-4-5-7-27(25)33-31(36)39;1-3-16-12(15)5-4-11(14)13-8-6-10(2)7-9-13/h4-7,18-19,21,26,28,37H,8-17,20H2,1-3H3,(H,33,39);10H,3-9H2,1-2H3/t28-;/m1./s1. The fourth-order valence-corrected chi connectivity index (χ4v) is 8.14. The summed E-state index contributed by atoms with van der Waals surface area (Å²) in [5.74, 6) is 1.17. The van der Waals surface area contributed by atoms with Crippen LogP contribution in [-0.2, 0) is 36.7 Å². The molecule has 3 fully saturated rings. The maximum absolute atomic E-state index is 13.6. The Morgan fingerprint density at radius 2 is 1.39 bits per heavy atom. The van der Waals surface area contributed by atoms with Crippen LogP contribution in [0.4, 0.5) is 15.3 Å². The van der Waals surface area contributed by atoms with Crippen molar-refractivity contribution in [3.8, 4) is 5.75 Å². The highest BCUT2D eigenvalue weighted by Gasteiger charge is 2.35. The van der Waals surface area contributed by atoms with Crippen LogP contribution in [0, 0.1) is 25.7 Å². The van der Waals surface area contributed by atoms with Gasteiger partial charge in [-0.3, -0.25) is 14.4 Å². The summed E-state index contributed by atoms with van der Waals surface area (Å²) in [5.41, 5.74) is 4.29. The number of amides is 5. The van der Waals surface area contributed by atoms with Crippen LogP contribution >= 0.6 is 0 Å². The lowest BCUT2D eigenvalue weighted by Crippen LogP contribution is -2.51. The van der Waals surface area contributed by atoms with Gasteiger partial charge in [-0.15, -0.1) is 0 Å². The van der Waals surface area contributed by atoms with Gasteiger partial charge in [0.2, 0.25) is 5.91 Å². The number of urea groups is 1. The smallest absolute Gasteiger partial charge is 0.410 e. The number of esters is 1. The maximum atomic E-state index is 13.6. The third-order valence-corrected chi connectivity index (χ3v) is 11.9. The molecule has 6 rings (SSSR count). The lowest BCUT2D eigenvalue weighted by atomic mass is 9.97. The average molecular weight is 790 g/mol. The van der Waals surface area contributed by atoms with Crippen molar-refractivity contribution in [3.63, 3.8) is 0 Å². The molecule has 57 heavy (non-hydrogen) atoms. The number of piperidine rings is 3. The first-order valence-electron chi connectivity index (χ1n) is 20.9. The van der Waals surface area contributed by atoms with Gasteiger partial charge in [-0.2, -0.15) is 0 Å². The molecule has 13 nitrogen and oxygen atoms in total. The molecule has 2 N–H and O–H groups in total. The van der Waals surface area contributed by atoms with Gasteiger partial charge >= 0.3 is 18.1 Å². The minimum atomic E-state index is -0.938. The Morgan fingerprint density at radius 1 is 0.807 bits per heavy atom. The number of nitrogens with zero attached hydrogens (tertiary/aromatic N) is 4. The number of fused-ring (bicyclic) bond motifs is 1. The molecule has 4 aliphatic rings. The minimum absolute atomic E-state index is 0.0316. The summed E-state index contributed by atoms with van der Waals surface area (Å²) >= 11 is 0. The van der Waals surface area contributed by atoms with Crippen LogP contribution in [-0.4, -0.2) is 119 Å². The van der Waals surface area contributed by atoms with E-state index in [9.17, 15) is 29.1 Å². The fourth-order valence-electron chi connectivity index (χ4n) is 8.14. The summed E-state index contributed by atoms with van der Waals surface area (Å²) < 4.78 is 10.7. The van der Waals surface area contributed by atoms with E-state index in [1.54, 1.807) is 11.8 Å². The van der Waals surface area contributed by atoms with E-state index in [0.717, 1.165) is 73.1 Å². The quantitative estimate of drug-likeness (QED) is 0.275. The molecule has 2 aromatic carbocycles. The summed E-state index contributed by atoms with van der Waals surface area (Å²) in [6.45, 7) is 14.8. The number of aryl methyl sites for hydroxylation is 2. The molecular formula is C44H63N5O8. The normalized spacial score (nSPS) is 18.7. The van der Waals surface area contributed by atoms with Gasteiger partial charge in [0.25, 0.3) is 5.91 Å². The molecule has 0 saturated carbocycles. The van der Waals surface area contributed by atoms with Crippen LogP contribution in [0.5, 0.6) is 5.75 Å². The van der Waals surface area contributed by atoms with E-state index in [0.29, 0.717) is 64.0 Å². The number of rotatable bonds is 9. The highest BCUT2D eigenvalue weighted by atomic mass is 16.6. The van der Waals surface area contributed by atoms with Crippen molar-refractivity contribution in [2.75, 3.05) is 57.7 Å². The van der Waals surface area contributed by atoms with E-state index in [1.807, 2.05) is 64.9 Å². The molecule has 0 unspecified atom stereocenters. The molecule has 0 spiro atoms. The van der Waals surface area contributed by atoms with Crippen LogP contribution in [0.3, 0.4) is 0 Å². The van der Waals surface area contributed by atoms with Gasteiger partial charge in [0.15, 0.2) is 6.10 Å². The van der Waals surface area contributed by atoms with E-state index in [-0.39, 0.29) is 54.9 Å². The highest BCUT2D eigenvalue weighted by molar-refractivity contribution is 5.91. The number of hydrogen-bond acceptors (Lipinski definition) is 8. The van der Waals surface area contributed by atoms with Gasteiger partial charge < -0.3 is 39.5 Å². The van der Waals surface area contributed by atoms with Crippen molar-refractivity contribution in [1.82, 2.24) is 19.6 Å². The number of anilines is 1. The molecule has 0 aromatic heterocycles. The Labute approximate surface area is 338 Å². The van der Waals surface area contributed by atoms with Gasteiger partial charge in [-0.1, -0.05) is 44.2 Å². The predicted molar refractivity (Wildman–Crippen MR) is 218 cm³/mol. The van der Waals surface area contributed by atoms with Gasteiger partial charge in [-0.25, -0.2) is 9.59 Å². The zero-order valence-electron chi connectivity index (χ0n) is 34.6. The maximum Gasteiger partial charge on any atom is 0.410 e. The van der Waals surface area contributed by atoms with Crippen LogP contribution in [0.25, 0.3) is 0 Å². The van der Waals surface area contributed by atoms with Crippen LogP contribution in [0.2, 0.25) is 0 Å². The second kappa shape index (κ2) is 20.6. The van der Waals surface area contributed by atoms with E-state index in [2.05, 4.69) is 19.2 Å². The van der Waals surface area contributed by atoms with Crippen molar-refractivity contribution >= 4 is 35.6 Å². The second-order valence-electron chi connectivity index (χ2n) is 16.3. The van der Waals surface area contributed by atoms with Crippen molar-refractivity contribution in [3.05, 3.63) is 58.7 Å². The third-order valence-electron chi connectivity index (χ3n) is 11.9. The highest BCUT2D eigenvalue weighted by Crippen LogP contribution is 2.27. The Bertz CT molecular complexity index is 1690. The number of aromatic hydroxyl groups is 1. The SMILES string of the molecule is CCOC(=O)CCC(=O)N1CCC(C)CC1.Cc1cc(C[C@@H](OC(=O)N2CCC(N3CCc4ccccc4NC3=O)CC2)C(=O)N2CCC(C)CC2)cc(C)c1O. The lowest BCUT2D eigenvalue weighted by Gasteiger charge is -2.38. The third kappa shape index (κ3) is 12.1. The molecule has 0 bridgehead atoms. The molecule has 0 aliphatic carbocycles. The number of para-hydroxylation sites is 1. The number of carbonyl (C=O) groups is 5. The number of benzene rings is 2. The monoisotopic (exact) mass is 789 g/mol. The second-order valence-corrected chi connectivity index (χ2v) is 16.3. The zero-order valence-corrected chi connectivity index (χ0v) is 34.6. The fraction of sp³-hybridized carbons (Fsp3) is 0.614. The molecular weight excluding hydrogens is 727 g/mol. The molecule has 3 saturated heterocycles. The molecule has 4 aliphatic heterocycles. The van der Waals surface area contributed by atoms with Gasteiger partial charge in [0.1, 0.15) is 5.75 Å². The number of phenolic OH excluding ortho intramolecular Hbond substituents is 1. The van der Waals surface area contributed by atoms with Crippen molar-refractivity contribution in [2.45, 2.75) is 111 Å². The van der Waals surface area contributed by atoms with E-state index in [4.69, 9.17) is 9.47 Å². The average Bonchev–Trinajstić information content (AvgIpc) is 3.37. The lowest BCUT2D eigenvalue weighted by molar-refractivity contribution is -0.146. The molecule has 13 heteroatoms. The van der Waals surface area contributed by atoms with Gasteiger partial charge in [0.05, 0.1) is 13.0 Å². The van der Waals surface area contributed by atoms with Crippen molar-refractivity contribution in [2.24, 2.45) is 11.8 Å². The number of hydrogen-bond donors (Lipinski definition) is 2. The summed E-state index contributed by atoms with van der Waals surface area (Å²) in [5, 5.41) is 13.3. The molecule has 1 atom stereocenters. The number of ether oxygens (including phenoxy) is 2. The first-order valence-corrected chi connectivity index (χ1v) is 20.9. The predicted octanol–water partition coefficient (Wildman–Crippen LogP) is 6.46. The first kappa shape index (κ1) is 43.3. The number of nitrogens with one attached hydrogen (secondary N) is 1. The number of carbonyl (C=O) groups excluding carboxylic acids is 5. The first-order chi connectivity index (χ1) is 27.3.